The average molecular weight is 337 g/mol. The summed E-state index contributed by atoms with van der Waals surface area (Å²) in [5.41, 5.74) is -0.297. The minimum absolute atomic E-state index is 0.0672. The zero-order valence-electron chi connectivity index (χ0n) is 13.3. The Labute approximate surface area is 139 Å². The number of hydrogen-bond acceptors (Lipinski definition) is 4. The number of benzene rings is 1. The second kappa shape index (κ2) is 7.88. The van der Waals surface area contributed by atoms with Crippen LogP contribution in [0.15, 0.2) is 41.0 Å². The third-order valence-electron chi connectivity index (χ3n) is 4.21. The van der Waals surface area contributed by atoms with E-state index in [1.165, 1.54) is 6.07 Å². The van der Waals surface area contributed by atoms with Crippen molar-refractivity contribution in [3.05, 3.63) is 59.6 Å². The Kier molecular flexibility index (Phi) is 5.60. The summed E-state index contributed by atoms with van der Waals surface area (Å²) in [5.74, 6) is -0.746. The van der Waals surface area contributed by atoms with Crippen LogP contribution in [0.5, 0.6) is 0 Å². The molecule has 1 N–H and O–H groups in total. The van der Waals surface area contributed by atoms with Crippen molar-refractivity contribution in [2.75, 3.05) is 19.7 Å². The number of nitrogens with zero attached hydrogens (tertiary/aromatic N) is 1. The van der Waals surface area contributed by atoms with E-state index in [9.17, 15) is 13.9 Å². The van der Waals surface area contributed by atoms with E-state index in [1.807, 2.05) is 11.0 Å². The van der Waals surface area contributed by atoms with Crippen molar-refractivity contribution in [2.24, 2.45) is 0 Å². The zero-order valence-corrected chi connectivity index (χ0v) is 13.3. The van der Waals surface area contributed by atoms with Crippen LogP contribution < -0.4 is 0 Å². The molecule has 24 heavy (non-hydrogen) atoms. The van der Waals surface area contributed by atoms with Crippen molar-refractivity contribution >= 4 is 0 Å². The summed E-state index contributed by atoms with van der Waals surface area (Å²) in [7, 11) is 0. The first-order valence-corrected chi connectivity index (χ1v) is 8.12. The fourth-order valence-electron chi connectivity index (χ4n) is 3.07. The molecule has 2 aromatic rings. The minimum Gasteiger partial charge on any atom is -0.468 e. The quantitative estimate of drug-likeness (QED) is 0.842. The first kappa shape index (κ1) is 17.1. The first-order valence-electron chi connectivity index (χ1n) is 8.12. The molecule has 2 unspecified atom stereocenters. The molecule has 2 atom stereocenters. The molecule has 2 heterocycles. The van der Waals surface area contributed by atoms with E-state index in [1.54, 1.807) is 12.3 Å². The fourth-order valence-corrected chi connectivity index (χ4v) is 3.07. The summed E-state index contributed by atoms with van der Waals surface area (Å²) in [5, 5.41) is 10.4. The molecule has 0 amide bonds. The third-order valence-corrected chi connectivity index (χ3v) is 4.21. The van der Waals surface area contributed by atoms with Crippen LogP contribution in [-0.2, 0) is 11.3 Å². The molecular formula is C18H21F2NO3. The van der Waals surface area contributed by atoms with E-state index in [-0.39, 0.29) is 18.2 Å². The second-order valence-corrected chi connectivity index (χ2v) is 6.06. The minimum atomic E-state index is -1.26. The molecule has 0 bridgehead atoms. The number of rotatable bonds is 7. The van der Waals surface area contributed by atoms with Crippen LogP contribution in [-0.4, -0.2) is 35.8 Å². The summed E-state index contributed by atoms with van der Waals surface area (Å²) in [6, 6.07) is 7.20. The van der Waals surface area contributed by atoms with Crippen molar-refractivity contribution in [1.82, 2.24) is 4.90 Å². The smallest absolute Gasteiger partial charge is 0.131 e. The summed E-state index contributed by atoms with van der Waals surface area (Å²) in [4.78, 5) is 1.91. The van der Waals surface area contributed by atoms with Crippen LogP contribution in [0.2, 0.25) is 0 Å². The molecule has 1 aliphatic rings. The topological polar surface area (TPSA) is 45.8 Å². The van der Waals surface area contributed by atoms with Crippen molar-refractivity contribution in [1.29, 1.82) is 0 Å². The van der Waals surface area contributed by atoms with Gasteiger partial charge in [-0.05, 0) is 37.1 Å². The van der Waals surface area contributed by atoms with Crippen LogP contribution in [0.3, 0.4) is 0 Å². The van der Waals surface area contributed by atoms with Gasteiger partial charge < -0.3 is 14.3 Å². The average Bonchev–Trinajstić information content (AvgIpc) is 3.21. The van der Waals surface area contributed by atoms with Gasteiger partial charge in [0.15, 0.2) is 0 Å². The Bertz CT molecular complexity index is 621. The molecule has 1 aromatic carbocycles. The highest BCUT2D eigenvalue weighted by molar-refractivity contribution is 5.22. The van der Waals surface area contributed by atoms with Crippen molar-refractivity contribution in [3.63, 3.8) is 0 Å². The van der Waals surface area contributed by atoms with E-state index < -0.39 is 17.7 Å². The number of hydrogen-bond donors (Lipinski definition) is 1. The van der Waals surface area contributed by atoms with Gasteiger partial charge in [0.1, 0.15) is 17.4 Å². The number of aliphatic hydroxyl groups is 1. The lowest BCUT2D eigenvalue weighted by Gasteiger charge is -2.27. The molecule has 0 aliphatic carbocycles. The Morgan fingerprint density at radius 1 is 1.21 bits per heavy atom. The monoisotopic (exact) mass is 337 g/mol. The lowest BCUT2D eigenvalue weighted by molar-refractivity contribution is 0.0416. The van der Waals surface area contributed by atoms with Crippen LogP contribution in [0.25, 0.3) is 0 Å². The SMILES string of the molecule is OC(CN(Cc1ccco1)CC1CCCO1)c1c(F)cccc1F. The van der Waals surface area contributed by atoms with Crippen molar-refractivity contribution < 1.29 is 23.0 Å². The van der Waals surface area contributed by atoms with Crippen LogP contribution >= 0.6 is 0 Å². The van der Waals surface area contributed by atoms with Gasteiger partial charge in [-0.2, -0.15) is 0 Å². The van der Waals surface area contributed by atoms with Crippen molar-refractivity contribution in [3.8, 4) is 0 Å². The fraction of sp³-hybridized carbons (Fsp3) is 0.444. The van der Waals surface area contributed by atoms with Gasteiger partial charge in [-0.15, -0.1) is 0 Å². The molecule has 3 rings (SSSR count). The predicted octanol–water partition coefficient (Wildman–Crippen LogP) is 3.27. The number of ether oxygens (including phenoxy) is 1. The normalized spacial score (nSPS) is 19.1. The lowest BCUT2D eigenvalue weighted by Crippen LogP contribution is -2.35. The molecular weight excluding hydrogens is 316 g/mol. The highest BCUT2D eigenvalue weighted by Gasteiger charge is 2.25. The van der Waals surface area contributed by atoms with Gasteiger partial charge in [0.05, 0.1) is 30.6 Å². The molecule has 1 aromatic heterocycles. The highest BCUT2D eigenvalue weighted by Crippen LogP contribution is 2.23. The maximum atomic E-state index is 13.9. The number of halogens is 2. The van der Waals surface area contributed by atoms with Gasteiger partial charge in [0.25, 0.3) is 0 Å². The summed E-state index contributed by atoms with van der Waals surface area (Å²) < 4.78 is 38.7. The van der Waals surface area contributed by atoms with Gasteiger partial charge in [-0.25, -0.2) is 8.78 Å². The maximum Gasteiger partial charge on any atom is 0.131 e. The van der Waals surface area contributed by atoms with Crippen LogP contribution in [0.4, 0.5) is 8.78 Å². The van der Waals surface area contributed by atoms with Gasteiger partial charge in [-0.1, -0.05) is 6.07 Å². The number of furan rings is 1. The molecule has 6 heteroatoms. The van der Waals surface area contributed by atoms with Crippen molar-refractivity contribution in [2.45, 2.75) is 31.6 Å². The molecule has 0 saturated carbocycles. The first-order chi connectivity index (χ1) is 11.6. The van der Waals surface area contributed by atoms with E-state index >= 15 is 0 Å². The standard InChI is InChI=1S/C18H21F2NO3/c19-15-6-1-7-16(20)18(15)17(22)12-21(10-13-4-2-8-23-13)11-14-5-3-9-24-14/h1-2,4,6-8,14,17,22H,3,5,9-12H2. The zero-order chi connectivity index (χ0) is 16.9. The maximum absolute atomic E-state index is 13.9. The molecule has 0 radical (unpaired) electrons. The summed E-state index contributed by atoms with van der Waals surface area (Å²) in [6.45, 7) is 1.84. The van der Waals surface area contributed by atoms with E-state index in [0.717, 1.165) is 37.3 Å². The molecule has 0 spiro atoms. The van der Waals surface area contributed by atoms with Gasteiger partial charge in [0, 0.05) is 19.7 Å². The highest BCUT2D eigenvalue weighted by atomic mass is 19.1. The summed E-state index contributed by atoms with van der Waals surface area (Å²) in [6.07, 6.45) is 2.33. The second-order valence-electron chi connectivity index (χ2n) is 6.06. The predicted molar refractivity (Wildman–Crippen MR) is 84.3 cm³/mol. The Morgan fingerprint density at radius 2 is 2.00 bits per heavy atom. The number of aliphatic hydroxyl groups excluding tert-OH is 1. The third kappa shape index (κ3) is 4.20. The lowest BCUT2D eigenvalue weighted by atomic mass is 10.1. The Balaban J connectivity index is 1.72. The Morgan fingerprint density at radius 3 is 2.62 bits per heavy atom. The van der Waals surface area contributed by atoms with Crippen LogP contribution in [0, 0.1) is 11.6 Å². The van der Waals surface area contributed by atoms with Gasteiger partial charge in [0.2, 0.25) is 0 Å². The molecule has 1 fully saturated rings. The largest absolute Gasteiger partial charge is 0.468 e. The Hall–Kier alpha value is -1.76. The molecule has 1 aliphatic heterocycles. The van der Waals surface area contributed by atoms with Crippen LogP contribution in [0.1, 0.15) is 30.3 Å². The van der Waals surface area contributed by atoms with Gasteiger partial charge in [-0.3, -0.25) is 4.90 Å². The molecule has 4 nitrogen and oxygen atoms in total. The van der Waals surface area contributed by atoms with Gasteiger partial charge >= 0.3 is 0 Å². The van der Waals surface area contributed by atoms with E-state index in [4.69, 9.17) is 9.15 Å². The van der Waals surface area contributed by atoms with E-state index in [0.29, 0.717) is 13.1 Å². The summed E-state index contributed by atoms with van der Waals surface area (Å²) >= 11 is 0. The molecule has 1 saturated heterocycles. The van der Waals surface area contributed by atoms with E-state index in [2.05, 4.69) is 0 Å². The molecule has 130 valence electrons.